The first-order chi connectivity index (χ1) is 44.9. The van der Waals surface area contributed by atoms with Crippen LogP contribution in [0.1, 0.15) is 272 Å². The lowest BCUT2D eigenvalue weighted by Crippen LogP contribution is -2.32. The van der Waals surface area contributed by atoms with Crippen molar-refractivity contribution in [3.63, 3.8) is 0 Å². The lowest BCUT2D eigenvalue weighted by atomic mass is 10.1. The molecule has 0 aromatic carbocycles. The van der Waals surface area contributed by atoms with Crippen LogP contribution >= 0.6 is 31.1 Å². The molecule has 3 saturated heterocycles. The van der Waals surface area contributed by atoms with Crippen molar-refractivity contribution in [1.29, 1.82) is 0 Å². The summed E-state index contributed by atoms with van der Waals surface area (Å²) < 4.78 is 118. The minimum atomic E-state index is -4.34. The average molecular weight is 1400 g/mol. The molecule has 548 valence electrons. The number of phosphoric ester groups is 1. The summed E-state index contributed by atoms with van der Waals surface area (Å²) in [5.74, 6) is 1.62. The second kappa shape index (κ2) is 52.4. The molecule has 4 atom stereocenters. The van der Waals surface area contributed by atoms with Crippen molar-refractivity contribution >= 4 is 48.9 Å². The summed E-state index contributed by atoms with van der Waals surface area (Å²) in [6, 6.07) is 0. The normalized spacial score (nSPS) is 18.8. The van der Waals surface area contributed by atoms with Gasteiger partial charge in [0.05, 0.1) is 52.4 Å². The largest absolute Gasteiger partial charge is 0.472 e. The zero-order valence-corrected chi connectivity index (χ0v) is 63.4. The highest BCUT2D eigenvalue weighted by Crippen LogP contribution is 2.54. The molecule has 0 bridgehead atoms. The summed E-state index contributed by atoms with van der Waals surface area (Å²) in [5.41, 5.74) is 0. The van der Waals surface area contributed by atoms with E-state index in [9.17, 15) is 18.6 Å². The summed E-state index contributed by atoms with van der Waals surface area (Å²) >= 11 is 0. The maximum Gasteiger partial charge on any atom is 0.472 e. The average Bonchev–Trinajstić information content (AvgIpc) is 1.99. The Bertz CT molecular complexity index is 2190. The van der Waals surface area contributed by atoms with E-state index in [2.05, 4.69) is 40.2 Å². The van der Waals surface area contributed by atoms with Crippen molar-refractivity contribution in [2.45, 2.75) is 278 Å². The number of aliphatic hydroxyl groups is 1. The number of aliphatic hydroxyl groups excluding tert-OH is 1. The van der Waals surface area contributed by atoms with Crippen LogP contribution in [0.3, 0.4) is 0 Å². The fraction of sp³-hybridized carbons (Fsp3) is 0.955. The summed E-state index contributed by atoms with van der Waals surface area (Å²) in [6.07, 6.45) is 39.4. The van der Waals surface area contributed by atoms with Crippen LogP contribution < -0.4 is 0 Å². The van der Waals surface area contributed by atoms with E-state index in [4.69, 9.17) is 50.8 Å². The van der Waals surface area contributed by atoms with Gasteiger partial charge in [-0.2, -0.15) is 0 Å². The summed E-state index contributed by atoms with van der Waals surface area (Å²) in [7, 11) is -11.1. The highest BCUT2D eigenvalue weighted by molar-refractivity contribution is 7.53. The lowest BCUT2D eigenvalue weighted by Gasteiger charge is -2.24. The standard InChI is InChI=1S/C66H135N9O14P4/c1-9-12-15-18-21-24-27-30-33-38-46-73-52-49-70(6)64(73)67-90(77,84-59-44-61-86-92(79,89-63(4)5)69-66-72(8)51-54-75(66)48-40-35-32-29-26-23-20-17-14-11-3)82-57-43-58-83-91(78,85-60-45-62-88-93(80,81)87-56-42-37-36-41-55-76)68-65-71(7)50-53-74(65)47-39-34-31-28-25-22-19-16-13-10-2/h63,76H,9-62H2,1-8H3,(H,80,81)/b67-64+,68-65+,69-66?. The molecule has 0 amide bonds. The molecule has 27 heteroatoms. The van der Waals surface area contributed by atoms with Gasteiger partial charge in [-0.25, -0.2) is 18.3 Å². The fourth-order valence-corrected chi connectivity index (χ4v) is 16.6. The molecule has 93 heavy (non-hydrogen) atoms. The molecule has 0 aliphatic carbocycles. The van der Waals surface area contributed by atoms with Crippen LogP contribution in [0, 0.1) is 0 Å². The molecule has 3 heterocycles. The molecular weight excluding hydrogens is 1270 g/mol. The van der Waals surface area contributed by atoms with Crippen molar-refractivity contribution in [3.05, 3.63) is 0 Å². The third kappa shape index (κ3) is 40.2. The third-order valence-corrected chi connectivity index (χ3v) is 22.5. The molecule has 3 aliphatic heterocycles. The van der Waals surface area contributed by atoms with Crippen LogP contribution in [0.25, 0.3) is 0 Å². The fourth-order valence-electron chi connectivity index (χ4n) is 11.5. The number of phosphoric acid groups is 1. The Labute approximate surface area is 565 Å². The van der Waals surface area contributed by atoms with E-state index in [1.165, 1.54) is 148 Å². The SMILES string of the molecule is CCCCCCCCCCCCN1CCN(C)C1=NP(=O)(OCCCOP(=O)(/N=C1\N(C)CCN1CCCCCCCCCCCC)OCCCOP(=O)(/N=C1\N(C)CCN1CCCCCCCCCCCC)OCCCOP(=O)(O)OCCCCCCO)OC(C)C. The Hall–Kier alpha value is -1.67. The number of hydrogen-bond acceptors (Lipinski definition) is 13. The summed E-state index contributed by atoms with van der Waals surface area (Å²) in [6.45, 7) is 16.2. The number of nitrogens with zero attached hydrogens (tertiary/aromatic N) is 9. The molecule has 3 fully saturated rings. The maximum atomic E-state index is 15.0. The Morgan fingerprint density at radius 2 is 0.591 bits per heavy atom. The van der Waals surface area contributed by atoms with Gasteiger partial charge in [-0.3, -0.25) is 36.2 Å². The van der Waals surface area contributed by atoms with Crippen LogP contribution in [-0.2, 0) is 54.5 Å². The van der Waals surface area contributed by atoms with Gasteiger partial charge < -0.3 is 39.4 Å². The van der Waals surface area contributed by atoms with Crippen molar-refractivity contribution in [2.75, 3.05) is 133 Å². The quantitative estimate of drug-likeness (QED) is 0.0425. The first kappa shape index (κ1) is 85.6. The van der Waals surface area contributed by atoms with Crippen molar-refractivity contribution in [2.24, 2.45) is 14.3 Å². The Morgan fingerprint density at radius 3 is 0.892 bits per heavy atom. The molecule has 3 rings (SSSR count). The Kier molecular flexibility index (Phi) is 48.2. The number of hydrogen-bond donors (Lipinski definition) is 2. The van der Waals surface area contributed by atoms with E-state index in [1.807, 2.05) is 35.8 Å². The van der Waals surface area contributed by atoms with Gasteiger partial charge in [0.15, 0.2) is 0 Å². The number of guanidine groups is 3. The van der Waals surface area contributed by atoms with E-state index >= 15 is 4.57 Å². The molecule has 4 unspecified atom stereocenters. The molecule has 0 aromatic heterocycles. The predicted octanol–water partition coefficient (Wildman–Crippen LogP) is 17.2. The monoisotopic (exact) mass is 1400 g/mol. The van der Waals surface area contributed by atoms with E-state index in [0.29, 0.717) is 56.9 Å². The maximum absolute atomic E-state index is 15.0. The predicted molar refractivity (Wildman–Crippen MR) is 380 cm³/mol. The topological polar surface area (TPSA) is 239 Å². The molecule has 0 saturated carbocycles. The van der Waals surface area contributed by atoms with Gasteiger partial charge in [0, 0.05) is 86.7 Å². The zero-order valence-electron chi connectivity index (χ0n) is 59.9. The van der Waals surface area contributed by atoms with Gasteiger partial charge in [-0.05, 0) is 65.2 Å². The molecule has 0 spiro atoms. The van der Waals surface area contributed by atoms with Gasteiger partial charge in [0.1, 0.15) is 0 Å². The minimum absolute atomic E-state index is 0.0359. The molecule has 23 nitrogen and oxygen atoms in total. The van der Waals surface area contributed by atoms with E-state index < -0.39 is 37.2 Å². The van der Waals surface area contributed by atoms with Crippen molar-refractivity contribution in [1.82, 2.24) is 29.4 Å². The molecule has 0 radical (unpaired) electrons. The van der Waals surface area contributed by atoms with Gasteiger partial charge in [-0.15, -0.1) is 14.3 Å². The van der Waals surface area contributed by atoms with Crippen LogP contribution in [0.4, 0.5) is 0 Å². The van der Waals surface area contributed by atoms with E-state index in [0.717, 1.165) is 90.5 Å². The van der Waals surface area contributed by atoms with Crippen molar-refractivity contribution in [3.8, 4) is 0 Å². The van der Waals surface area contributed by atoms with Crippen molar-refractivity contribution < 1.29 is 64.5 Å². The summed E-state index contributed by atoms with van der Waals surface area (Å²) in [4.78, 5) is 22.6. The number of rotatable bonds is 63. The zero-order chi connectivity index (χ0) is 67.7. The van der Waals surface area contributed by atoms with Crippen LogP contribution in [0.2, 0.25) is 0 Å². The number of unbranched alkanes of at least 4 members (excludes halogenated alkanes) is 30. The van der Waals surface area contributed by atoms with Gasteiger partial charge in [-0.1, -0.05) is 207 Å². The summed E-state index contributed by atoms with van der Waals surface area (Å²) in [5, 5.41) is 9.04. The third-order valence-electron chi connectivity index (χ3n) is 17.0. The Morgan fingerprint density at radius 1 is 0.344 bits per heavy atom. The highest BCUT2D eigenvalue weighted by Gasteiger charge is 2.36. The van der Waals surface area contributed by atoms with Crippen LogP contribution in [0.5, 0.6) is 0 Å². The smallest absolute Gasteiger partial charge is 0.396 e. The highest BCUT2D eigenvalue weighted by atomic mass is 31.2. The lowest BCUT2D eigenvalue weighted by molar-refractivity contribution is 0.134. The van der Waals surface area contributed by atoms with Gasteiger partial charge in [0.2, 0.25) is 17.9 Å². The second-order valence-electron chi connectivity index (χ2n) is 26.0. The molecule has 3 aliphatic rings. The molecular formula is C66H135N9O14P4. The second-order valence-corrected chi connectivity index (χ2v) is 32.4. The minimum Gasteiger partial charge on any atom is -0.396 e. The first-order valence-electron chi connectivity index (χ1n) is 37.0. The van der Waals surface area contributed by atoms with Crippen LogP contribution in [0.15, 0.2) is 14.3 Å². The van der Waals surface area contributed by atoms with Gasteiger partial charge >= 0.3 is 31.1 Å². The van der Waals surface area contributed by atoms with E-state index in [1.54, 1.807) is 13.8 Å². The number of likely N-dealkylation sites (N-methyl/N-ethyl adjacent to an activating group) is 3. The first-order valence-corrected chi connectivity index (χ1v) is 43.0. The molecule has 2 N–H and O–H groups in total. The Balaban J connectivity index is 1.75. The van der Waals surface area contributed by atoms with Crippen LogP contribution in [-0.4, -0.2) is 196 Å². The molecule has 0 aromatic rings. The van der Waals surface area contributed by atoms with Gasteiger partial charge in [0.25, 0.3) is 0 Å². The van der Waals surface area contributed by atoms with E-state index in [-0.39, 0.29) is 72.1 Å².